The molecule has 1 aliphatic heterocycles. The second-order valence-electron chi connectivity index (χ2n) is 5.82. The zero-order chi connectivity index (χ0) is 13.2. The van der Waals surface area contributed by atoms with E-state index < -0.39 is 23.9 Å². The molecule has 0 bridgehead atoms. The van der Waals surface area contributed by atoms with Gasteiger partial charge in [-0.1, -0.05) is 0 Å². The lowest BCUT2D eigenvalue weighted by atomic mass is 10.2. The Bertz CT molecular complexity index is 276. The third kappa shape index (κ3) is 4.50. The molecule has 17 heavy (non-hydrogen) atoms. The Hall–Kier alpha value is -0.840. The SMILES string of the molecule is CC(C)N1C[C@H](F)[C@H](NC(=O)OC(C)(C)C)C1. The number of alkyl carbamates (subject to hydrolysis) is 1. The number of nitrogens with one attached hydrogen (secondary N) is 1. The van der Waals surface area contributed by atoms with Crippen LogP contribution in [-0.2, 0) is 4.74 Å². The van der Waals surface area contributed by atoms with E-state index in [4.69, 9.17) is 4.74 Å². The Balaban J connectivity index is 2.45. The van der Waals surface area contributed by atoms with E-state index >= 15 is 0 Å². The van der Waals surface area contributed by atoms with E-state index in [2.05, 4.69) is 5.32 Å². The number of likely N-dealkylation sites (tertiary alicyclic amines) is 1. The van der Waals surface area contributed by atoms with E-state index in [9.17, 15) is 9.18 Å². The molecule has 1 heterocycles. The lowest BCUT2D eigenvalue weighted by molar-refractivity contribution is 0.0488. The van der Waals surface area contributed by atoms with Crippen LogP contribution in [0.5, 0.6) is 0 Å². The van der Waals surface area contributed by atoms with E-state index in [1.54, 1.807) is 20.8 Å². The molecule has 0 aromatic heterocycles. The van der Waals surface area contributed by atoms with Gasteiger partial charge < -0.3 is 10.1 Å². The molecular weight excluding hydrogens is 223 g/mol. The van der Waals surface area contributed by atoms with Gasteiger partial charge in [-0.2, -0.15) is 0 Å². The van der Waals surface area contributed by atoms with Gasteiger partial charge in [-0.05, 0) is 34.6 Å². The molecule has 0 spiro atoms. The van der Waals surface area contributed by atoms with E-state index in [1.807, 2.05) is 18.7 Å². The summed E-state index contributed by atoms with van der Waals surface area (Å²) in [5, 5.41) is 2.59. The number of amides is 1. The van der Waals surface area contributed by atoms with Crippen molar-refractivity contribution < 1.29 is 13.9 Å². The van der Waals surface area contributed by atoms with Crippen LogP contribution >= 0.6 is 0 Å². The summed E-state index contributed by atoms with van der Waals surface area (Å²) in [6, 6.07) is -0.175. The van der Waals surface area contributed by atoms with Crippen molar-refractivity contribution in [2.24, 2.45) is 0 Å². The van der Waals surface area contributed by atoms with Crippen LogP contribution in [0.2, 0.25) is 0 Å². The first-order valence-electron chi connectivity index (χ1n) is 6.06. The molecule has 0 saturated carbocycles. The van der Waals surface area contributed by atoms with Gasteiger partial charge in [0, 0.05) is 19.1 Å². The van der Waals surface area contributed by atoms with Crippen LogP contribution in [0, 0.1) is 0 Å². The monoisotopic (exact) mass is 246 g/mol. The summed E-state index contributed by atoms with van der Waals surface area (Å²) < 4.78 is 18.8. The fourth-order valence-corrected chi connectivity index (χ4v) is 1.81. The number of alkyl halides is 1. The Morgan fingerprint density at radius 1 is 1.41 bits per heavy atom. The van der Waals surface area contributed by atoms with E-state index in [1.165, 1.54) is 0 Å². The minimum atomic E-state index is -1.02. The average Bonchev–Trinajstić information content (AvgIpc) is 2.44. The summed E-state index contributed by atoms with van der Waals surface area (Å²) in [5.41, 5.74) is -0.549. The van der Waals surface area contributed by atoms with Crippen LogP contribution in [0.3, 0.4) is 0 Å². The number of hydrogen-bond donors (Lipinski definition) is 1. The van der Waals surface area contributed by atoms with E-state index in [0.29, 0.717) is 19.1 Å². The van der Waals surface area contributed by atoms with Crippen molar-refractivity contribution in [1.82, 2.24) is 10.2 Å². The van der Waals surface area contributed by atoms with Gasteiger partial charge >= 0.3 is 6.09 Å². The van der Waals surface area contributed by atoms with Crippen LogP contribution in [0.1, 0.15) is 34.6 Å². The van der Waals surface area contributed by atoms with Gasteiger partial charge in [-0.3, -0.25) is 4.90 Å². The quantitative estimate of drug-likeness (QED) is 0.809. The van der Waals surface area contributed by atoms with Crippen LogP contribution in [0.15, 0.2) is 0 Å². The zero-order valence-corrected chi connectivity index (χ0v) is 11.3. The number of rotatable bonds is 2. The highest BCUT2D eigenvalue weighted by Gasteiger charge is 2.35. The highest BCUT2D eigenvalue weighted by Crippen LogP contribution is 2.17. The Kier molecular flexibility index (Phi) is 4.36. The number of halogens is 1. The average molecular weight is 246 g/mol. The predicted molar refractivity (Wildman–Crippen MR) is 64.8 cm³/mol. The molecule has 1 rings (SSSR count). The number of ether oxygens (including phenoxy) is 1. The fraction of sp³-hybridized carbons (Fsp3) is 0.917. The van der Waals surface area contributed by atoms with Crippen molar-refractivity contribution in [3.63, 3.8) is 0 Å². The molecule has 0 aromatic rings. The summed E-state index contributed by atoms with van der Waals surface area (Å²) in [5.74, 6) is 0. The third-order valence-corrected chi connectivity index (χ3v) is 2.71. The second kappa shape index (κ2) is 5.21. The molecule has 1 saturated heterocycles. The Labute approximate surface area is 102 Å². The van der Waals surface area contributed by atoms with Crippen LogP contribution in [0.25, 0.3) is 0 Å². The predicted octanol–water partition coefficient (Wildman–Crippen LogP) is 1.94. The lowest BCUT2D eigenvalue weighted by Crippen LogP contribution is -2.44. The van der Waals surface area contributed by atoms with Crippen molar-refractivity contribution >= 4 is 6.09 Å². The van der Waals surface area contributed by atoms with Gasteiger partial charge in [0.1, 0.15) is 11.8 Å². The maximum Gasteiger partial charge on any atom is 0.408 e. The molecule has 4 nitrogen and oxygen atoms in total. The second-order valence-corrected chi connectivity index (χ2v) is 5.82. The van der Waals surface area contributed by atoms with Crippen molar-refractivity contribution in [3.8, 4) is 0 Å². The summed E-state index contributed by atoms with van der Waals surface area (Å²) in [6.45, 7) is 10.3. The molecule has 2 atom stereocenters. The Morgan fingerprint density at radius 3 is 2.41 bits per heavy atom. The maximum absolute atomic E-state index is 13.7. The van der Waals surface area contributed by atoms with Crippen molar-refractivity contribution in [2.45, 2.75) is 58.5 Å². The summed E-state index contributed by atoms with van der Waals surface area (Å²) in [7, 11) is 0. The van der Waals surface area contributed by atoms with Crippen molar-refractivity contribution in [1.29, 1.82) is 0 Å². The fourth-order valence-electron chi connectivity index (χ4n) is 1.81. The first kappa shape index (κ1) is 14.2. The molecule has 0 aromatic carbocycles. The molecular formula is C12H23FN2O2. The van der Waals surface area contributed by atoms with Gasteiger partial charge in [0.05, 0.1) is 6.04 Å². The first-order chi connectivity index (χ1) is 7.69. The number of hydrogen-bond acceptors (Lipinski definition) is 3. The minimum Gasteiger partial charge on any atom is -0.444 e. The molecule has 5 heteroatoms. The molecule has 1 aliphatic rings. The Morgan fingerprint density at radius 2 is 2.00 bits per heavy atom. The van der Waals surface area contributed by atoms with E-state index in [-0.39, 0.29) is 0 Å². The summed E-state index contributed by atoms with van der Waals surface area (Å²) in [6.07, 6.45) is -1.57. The molecule has 0 unspecified atom stereocenters. The molecule has 0 radical (unpaired) electrons. The summed E-state index contributed by atoms with van der Waals surface area (Å²) in [4.78, 5) is 13.5. The van der Waals surface area contributed by atoms with Crippen molar-refractivity contribution in [2.75, 3.05) is 13.1 Å². The van der Waals surface area contributed by atoms with Crippen LogP contribution in [-0.4, -0.2) is 47.9 Å². The standard InChI is InChI=1S/C12H23FN2O2/c1-8(2)15-6-9(13)10(7-15)14-11(16)17-12(3,4)5/h8-10H,6-7H2,1-5H3,(H,14,16)/t9-,10+/m0/s1. The highest BCUT2D eigenvalue weighted by molar-refractivity contribution is 5.68. The number of carbonyl (C=O) groups is 1. The first-order valence-corrected chi connectivity index (χ1v) is 6.06. The molecule has 1 fully saturated rings. The van der Waals surface area contributed by atoms with Gasteiger partial charge in [-0.25, -0.2) is 9.18 Å². The molecule has 0 aliphatic carbocycles. The van der Waals surface area contributed by atoms with Gasteiger partial charge in [0.2, 0.25) is 0 Å². The highest BCUT2D eigenvalue weighted by atomic mass is 19.1. The number of nitrogens with zero attached hydrogens (tertiary/aromatic N) is 1. The number of carbonyl (C=O) groups excluding carboxylic acids is 1. The van der Waals surface area contributed by atoms with Gasteiger partial charge in [0.15, 0.2) is 0 Å². The topological polar surface area (TPSA) is 41.6 Å². The van der Waals surface area contributed by atoms with E-state index in [0.717, 1.165) is 0 Å². The minimum absolute atomic E-state index is 0.290. The van der Waals surface area contributed by atoms with Gasteiger partial charge in [-0.15, -0.1) is 0 Å². The van der Waals surface area contributed by atoms with Crippen LogP contribution < -0.4 is 5.32 Å². The maximum atomic E-state index is 13.7. The molecule has 100 valence electrons. The lowest BCUT2D eigenvalue weighted by Gasteiger charge is -2.23. The van der Waals surface area contributed by atoms with Crippen LogP contribution in [0.4, 0.5) is 9.18 Å². The molecule has 1 N–H and O–H groups in total. The normalized spacial score (nSPS) is 26.3. The van der Waals surface area contributed by atoms with Gasteiger partial charge in [0.25, 0.3) is 0 Å². The van der Waals surface area contributed by atoms with Crippen molar-refractivity contribution in [3.05, 3.63) is 0 Å². The third-order valence-electron chi connectivity index (χ3n) is 2.71. The smallest absolute Gasteiger partial charge is 0.408 e. The summed E-state index contributed by atoms with van der Waals surface area (Å²) >= 11 is 0. The molecule has 1 amide bonds. The largest absolute Gasteiger partial charge is 0.444 e. The zero-order valence-electron chi connectivity index (χ0n) is 11.3.